The standard InChI is InChI=1S/C19H17F7N4O2/c20-14-7-11(1-2-13(14)18(21,22)23)29-17-28-9-12(15(30-17)19(24,25)26)16(31)27-8-10-3-5-32-6-4-10/h1-2,7,9-10H,3-6,8H2,(H,27,31)(H,28,29,30). The lowest BCUT2D eigenvalue weighted by molar-refractivity contribution is -0.141. The fraction of sp³-hybridized carbons (Fsp3) is 0.421. The summed E-state index contributed by atoms with van der Waals surface area (Å²) in [6, 6.07) is 1.70. The molecule has 0 unspecified atom stereocenters. The summed E-state index contributed by atoms with van der Waals surface area (Å²) in [6.07, 6.45) is -7.97. The van der Waals surface area contributed by atoms with E-state index in [0.29, 0.717) is 44.4 Å². The van der Waals surface area contributed by atoms with Crippen molar-refractivity contribution in [1.82, 2.24) is 15.3 Å². The van der Waals surface area contributed by atoms with Gasteiger partial charge in [-0.15, -0.1) is 0 Å². The summed E-state index contributed by atoms with van der Waals surface area (Å²) in [5.74, 6) is -3.24. The first-order valence-electron chi connectivity index (χ1n) is 9.39. The molecule has 3 rings (SSSR count). The molecule has 0 bridgehead atoms. The number of benzene rings is 1. The Morgan fingerprint density at radius 2 is 1.78 bits per heavy atom. The molecule has 0 atom stereocenters. The van der Waals surface area contributed by atoms with E-state index in [1.54, 1.807) is 0 Å². The van der Waals surface area contributed by atoms with Gasteiger partial charge in [0.15, 0.2) is 5.69 Å². The predicted molar refractivity (Wildman–Crippen MR) is 97.6 cm³/mol. The number of halogens is 7. The fourth-order valence-corrected chi connectivity index (χ4v) is 3.06. The number of nitrogens with zero attached hydrogens (tertiary/aromatic N) is 2. The van der Waals surface area contributed by atoms with Crippen molar-refractivity contribution in [2.45, 2.75) is 25.2 Å². The van der Waals surface area contributed by atoms with Crippen LogP contribution in [0.25, 0.3) is 0 Å². The number of hydrogen-bond acceptors (Lipinski definition) is 5. The van der Waals surface area contributed by atoms with Crippen LogP contribution < -0.4 is 10.6 Å². The first-order valence-corrected chi connectivity index (χ1v) is 9.39. The maximum absolute atomic E-state index is 13.7. The van der Waals surface area contributed by atoms with Gasteiger partial charge in [-0.3, -0.25) is 4.79 Å². The zero-order chi connectivity index (χ0) is 23.5. The van der Waals surface area contributed by atoms with E-state index in [9.17, 15) is 35.5 Å². The maximum Gasteiger partial charge on any atom is 0.434 e. The molecule has 32 heavy (non-hydrogen) atoms. The van der Waals surface area contributed by atoms with Crippen LogP contribution in [0.4, 0.5) is 42.4 Å². The zero-order valence-electron chi connectivity index (χ0n) is 16.3. The van der Waals surface area contributed by atoms with Crippen molar-refractivity contribution >= 4 is 17.5 Å². The number of carbonyl (C=O) groups is 1. The van der Waals surface area contributed by atoms with Crippen LogP contribution in [0.5, 0.6) is 0 Å². The molecule has 0 spiro atoms. The summed E-state index contributed by atoms with van der Waals surface area (Å²) in [5.41, 5.74) is -4.18. The van der Waals surface area contributed by atoms with Gasteiger partial charge >= 0.3 is 12.4 Å². The van der Waals surface area contributed by atoms with Crippen LogP contribution in [0.1, 0.15) is 34.5 Å². The monoisotopic (exact) mass is 466 g/mol. The minimum absolute atomic E-state index is 0.0680. The van der Waals surface area contributed by atoms with Gasteiger partial charge in [0.05, 0.1) is 11.1 Å². The SMILES string of the molecule is O=C(NCC1CCOCC1)c1cnc(Nc2ccc(C(F)(F)F)c(F)c2)nc1C(F)(F)F. The predicted octanol–water partition coefficient (Wildman–Crippen LogP) is 4.55. The molecule has 0 aliphatic carbocycles. The smallest absolute Gasteiger partial charge is 0.381 e. The Labute approximate surface area is 177 Å². The van der Waals surface area contributed by atoms with E-state index in [-0.39, 0.29) is 18.2 Å². The van der Waals surface area contributed by atoms with Gasteiger partial charge in [0.1, 0.15) is 5.82 Å². The molecule has 1 aliphatic heterocycles. The van der Waals surface area contributed by atoms with Crippen LogP contribution in [-0.4, -0.2) is 35.6 Å². The van der Waals surface area contributed by atoms with Gasteiger partial charge in [-0.2, -0.15) is 26.3 Å². The summed E-state index contributed by atoms with van der Waals surface area (Å²) < 4.78 is 97.2. The van der Waals surface area contributed by atoms with Crippen LogP contribution in [0, 0.1) is 11.7 Å². The van der Waals surface area contributed by atoms with Gasteiger partial charge in [0.2, 0.25) is 5.95 Å². The van der Waals surface area contributed by atoms with Crippen molar-refractivity contribution in [2.75, 3.05) is 25.1 Å². The Morgan fingerprint density at radius 1 is 1.09 bits per heavy atom. The third kappa shape index (κ3) is 5.84. The Kier molecular flexibility index (Phi) is 6.86. The average Bonchev–Trinajstić information content (AvgIpc) is 2.71. The number of anilines is 2. The van der Waals surface area contributed by atoms with E-state index < -0.39 is 46.8 Å². The van der Waals surface area contributed by atoms with E-state index in [0.717, 1.165) is 6.07 Å². The number of hydrogen-bond donors (Lipinski definition) is 2. The van der Waals surface area contributed by atoms with Gasteiger partial charge in [0.25, 0.3) is 5.91 Å². The van der Waals surface area contributed by atoms with Crippen molar-refractivity contribution in [1.29, 1.82) is 0 Å². The third-order valence-corrected chi connectivity index (χ3v) is 4.72. The third-order valence-electron chi connectivity index (χ3n) is 4.72. The first-order chi connectivity index (χ1) is 14.9. The van der Waals surface area contributed by atoms with Crippen LogP contribution in [0.2, 0.25) is 0 Å². The molecule has 1 amide bonds. The summed E-state index contributed by atoms with van der Waals surface area (Å²) in [6.45, 7) is 1.16. The van der Waals surface area contributed by atoms with Crippen LogP contribution in [0.3, 0.4) is 0 Å². The van der Waals surface area contributed by atoms with Crippen LogP contribution >= 0.6 is 0 Å². The van der Waals surface area contributed by atoms with E-state index in [1.807, 2.05) is 0 Å². The Hall–Kier alpha value is -2.96. The molecular weight excluding hydrogens is 449 g/mol. The number of rotatable bonds is 5. The number of alkyl halides is 6. The van der Waals surface area contributed by atoms with Gasteiger partial charge in [-0.25, -0.2) is 14.4 Å². The molecule has 13 heteroatoms. The molecule has 1 aliphatic rings. The lowest BCUT2D eigenvalue weighted by Crippen LogP contribution is -2.33. The topological polar surface area (TPSA) is 76.1 Å². The minimum atomic E-state index is -5.02. The fourth-order valence-electron chi connectivity index (χ4n) is 3.06. The summed E-state index contributed by atoms with van der Waals surface area (Å²) >= 11 is 0. The van der Waals surface area contributed by atoms with E-state index in [2.05, 4.69) is 20.6 Å². The molecule has 2 N–H and O–H groups in total. The zero-order valence-corrected chi connectivity index (χ0v) is 16.3. The highest BCUT2D eigenvalue weighted by Crippen LogP contribution is 2.34. The lowest BCUT2D eigenvalue weighted by atomic mass is 10.0. The second-order valence-electron chi connectivity index (χ2n) is 7.04. The molecule has 2 heterocycles. The summed E-state index contributed by atoms with van der Waals surface area (Å²) in [4.78, 5) is 19.2. The number of ether oxygens (including phenoxy) is 1. The van der Waals surface area contributed by atoms with Crippen LogP contribution in [-0.2, 0) is 17.1 Å². The molecular formula is C19H17F7N4O2. The molecule has 1 aromatic carbocycles. The second kappa shape index (κ2) is 9.27. The summed E-state index contributed by atoms with van der Waals surface area (Å²) in [7, 11) is 0. The van der Waals surface area contributed by atoms with E-state index in [1.165, 1.54) is 0 Å². The first kappa shape index (κ1) is 23.7. The largest absolute Gasteiger partial charge is 0.434 e. The molecule has 174 valence electrons. The maximum atomic E-state index is 13.7. The van der Waals surface area contributed by atoms with Gasteiger partial charge in [0, 0.05) is 31.6 Å². The Morgan fingerprint density at radius 3 is 2.38 bits per heavy atom. The second-order valence-corrected chi connectivity index (χ2v) is 7.04. The molecule has 1 saturated heterocycles. The van der Waals surface area contributed by atoms with Crippen molar-refractivity contribution in [3.05, 3.63) is 47.0 Å². The Bertz CT molecular complexity index is 973. The molecule has 1 aromatic heterocycles. The number of amides is 1. The molecule has 0 radical (unpaired) electrons. The van der Waals surface area contributed by atoms with Crippen molar-refractivity contribution in [3.8, 4) is 0 Å². The highest BCUT2D eigenvalue weighted by Gasteiger charge is 2.38. The van der Waals surface area contributed by atoms with E-state index in [4.69, 9.17) is 4.74 Å². The van der Waals surface area contributed by atoms with Gasteiger partial charge in [-0.05, 0) is 37.0 Å². The highest BCUT2D eigenvalue weighted by molar-refractivity contribution is 5.95. The molecule has 2 aromatic rings. The van der Waals surface area contributed by atoms with E-state index >= 15 is 0 Å². The Balaban J connectivity index is 1.79. The van der Waals surface area contributed by atoms with Crippen molar-refractivity contribution in [2.24, 2.45) is 5.92 Å². The summed E-state index contributed by atoms with van der Waals surface area (Å²) in [5, 5.41) is 4.64. The average molecular weight is 466 g/mol. The molecule has 6 nitrogen and oxygen atoms in total. The lowest BCUT2D eigenvalue weighted by Gasteiger charge is -2.22. The van der Waals surface area contributed by atoms with Gasteiger partial charge < -0.3 is 15.4 Å². The van der Waals surface area contributed by atoms with Crippen molar-refractivity contribution < 1.29 is 40.3 Å². The molecule has 0 saturated carbocycles. The van der Waals surface area contributed by atoms with Crippen molar-refractivity contribution in [3.63, 3.8) is 0 Å². The number of aromatic nitrogens is 2. The van der Waals surface area contributed by atoms with Crippen LogP contribution in [0.15, 0.2) is 24.4 Å². The minimum Gasteiger partial charge on any atom is -0.381 e. The quantitative estimate of drug-likeness (QED) is 0.633. The normalized spacial score (nSPS) is 15.5. The van der Waals surface area contributed by atoms with Gasteiger partial charge in [-0.1, -0.05) is 0 Å². The number of nitrogens with one attached hydrogen (secondary N) is 2. The highest BCUT2D eigenvalue weighted by atomic mass is 19.4. The molecule has 1 fully saturated rings. The number of carbonyl (C=O) groups excluding carboxylic acids is 1.